The Balaban J connectivity index is 1.05. The molecule has 5 aromatic heterocycles. The van der Waals surface area contributed by atoms with Crippen LogP contribution in [0.4, 0.5) is 16.0 Å². The zero-order valence-electron chi connectivity index (χ0n) is 23.7. The summed E-state index contributed by atoms with van der Waals surface area (Å²) in [5, 5.41) is 10.1. The minimum atomic E-state index is -0.208. The fourth-order valence-corrected chi connectivity index (χ4v) is 5.69. The lowest BCUT2D eigenvalue weighted by Crippen LogP contribution is -2.47. The van der Waals surface area contributed by atoms with Crippen molar-refractivity contribution in [1.82, 2.24) is 39.2 Å². The third-order valence-electron chi connectivity index (χ3n) is 8.24. The van der Waals surface area contributed by atoms with Crippen LogP contribution in [0.25, 0.3) is 39.1 Å². The number of nitrogens with two attached hydrogens (primary N) is 1. The minimum absolute atomic E-state index is 0.208. The van der Waals surface area contributed by atoms with E-state index < -0.39 is 0 Å². The normalized spacial score (nSPS) is 14.4. The van der Waals surface area contributed by atoms with Crippen LogP contribution in [0.15, 0.2) is 53.5 Å². The first kappa shape index (κ1) is 26.1. The maximum Gasteiger partial charge on any atom is 0.223 e. The molecular weight excluding hydrogens is 535 g/mol. The molecule has 42 heavy (non-hydrogen) atoms. The SMILES string of the molecule is Cc1nccnc1-c1cc2c3cnn(CCN4CCN(c5cc(-c6coc(C)c6C)ccc5F)CC4)c3nc(N)n2n1. The van der Waals surface area contributed by atoms with Crippen molar-refractivity contribution in [2.24, 2.45) is 0 Å². The van der Waals surface area contributed by atoms with Gasteiger partial charge in [-0.2, -0.15) is 19.7 Å². The van der Waals surface area contributed by atoms with Crippen molar-refractivity contribution in [1.29, 1.82) is 0 Å². The van der Waals surface area contributed by atoms with Crippen LogP contribution in [0.2, 0.25) is 0 Å². The fraction of sp³-hybridized carbons (Fsp3) is 0.300. The van der Waals surface area contributed by atoms with Gasteiger partial charge >= 0.3 is 0 Å². The number of anilines is 2. The number of piperazine rings is 1. The molecule has 1 saturated heterocycles. The molecule has 0 aliphatic carbocycles. The largest absolute Gasteiger partial charge is 0.469 e. The van der Waals surface area contributed by atoms with Crippen LogP contribution in [0.3, 0.4) is 0 Å². The molecule has 6 aromatic rings. The second-order valence-electron chi connectivity index (χ2n) is 10.7. The summed E-state index contributed by atoms with van der Waals surface area (Å²) in [4.78, 5) is 17.9. The van der Waals surface area contributed by atoms with E-state index in [-0.39, 0.29) is 11.8 Å². The molecule has 12 heteroatoms. The summed E-state index contributed by atoms with van der Waals surface area (Å²) in [6.45, 7) is 10.4. The van der Waals surface area contributed by atoms with Crippen molar-refractivity contribution in [3.8, 4) is 22.5 Å². The smallest absolute Gasteiger partial charge is 0.223 e. The molecule has 2 N–H and O–H groups in total. The Morgan fingerprint density at radius 3 is 2.57 bits per heavy atom. The van der Waals surface area contributed by atoms with Crippen LogP contribution in [0.5, 0.6) is 0 Å². The van der Waals surface area contributed by atoms with E-state index in [0.717, 1.165) is 71.8 Å². The number of nitrogens with zero attached hydrogens (tertiary/aromatic N) is 9. The van der Waals surface area contributed by atoms with Gasteiger partial charge in [0.2, 0.25) is 5.95 Å². The molecule has 0 amide bonds. The number of nitrogen functional groups attached to an aromatic ring is 1. The van der Waals surface area contributed by atoms with Gasteiger partial charge in [-0.25, -0.2) is 9.07 Å². The first-order chi connectivity index (χ1) is 20.4. The van der Waals surface area contributed by atoms with E-state index in [2.05, 4.69) is 34.9 Å². The third-order valence-corrected chi connectivity index (χ3v) is 8.24. The molecule has 7 rings (SSSR count). The highest BCUT2D eigenvalue weighted by Gasteiger charge is 2.22. The van der Waals surface area contributed by atoms with Gasteiger partial charge in [0.25, 0.3) is 0 Å². The summed E-state index contributed by atoms with van der Waals surface area (Å²) < 4.78 is 24.0. The molecule has 0 radical (unpaired) electrons. The molecule has 0 atom stereocenters. The lowest BCUT2D eigenvalue weighted by molar-refractivity contribution is 0.245. The molecule has 1 aliphatic heterocycles. The number of aryl methyl sites for hydroxylation is 2. The van der Waals surface area contributed by atoms with Crippen molar-refractivity contribution >= 4 is 28.2 Å². The summed E-state index contributed by atoms with van der Waals surface area (Å²) in [7, 11) is 0. The Hall–Kier alpha value is -4.84. The Bertz CT molecular complexity index is 1930. The third kappa shape index (κ3) is 4.44. The monoisotopic (exact) mass is 566 g/mol. The zero-order chi connectivity index (χ0) is 29.0. The second kappa shape index (κ2) is 10.2. The average molecular weight is 567 g/mol. The van der Waals surface area contributed by atoms with E-state index in [0.29, 0.717) is 29.3 Å². The van der Waals surface area contributed by atoms with E-state index in [9.17, 15) is 4.39 Å². The van der Waals surface area contributed by atoms with Gasteiger partial charge in [-0.15, -0.1) is 0 Å². The van der Waals surface area contributed by atoms with Gasteiger partial charge in [0.1, 0.15) is 23.0 Å². The summed E-state index contributed by atoms with van der Waals surface area (Å²) >= 11 is 0. The van der Waals surface area contributed by atoms with Gasteiger partial charge in [0, 0.05) is 50.7 Å². The number of fused-ring (bicyclic) bond motifs is 3. The first-order valence-electron chi connectivity index (χ1n) is 14.0. The molecule has 11 nitrogen and oxygen atoms in total. The van der Waals surface area contributed by atoms with Crippen molar-refractivity contribution in [3.63, 3.8) is 0 Å². The van der Waals surface area contributed by atoms with Gasteiger partial charge in [0.05, 0.1) is 41.3 Å². The molecule has 0 unspecified atom stereocenters. The number of furan rings is 1. The number of rotatable bonds is 6. The predicted molar refractivity (Wildman–Crippen MR) is 159 cm³/mol. The molecule has 1 fully saturated rings. The van der Waals surface area contributed by atoms with Gasteiger partial charge in [-0.1, -0.05) is 6.07 Å². The van der Waals surface area contributed by atoms with Crippen molar-refractivity contribution in [3.05, 3.63) is 72.0 Å². The molecule has 214 valence electrons. The molecule has 0 spiro atoms. The summed E-state index contributed by atoms with van der Waals surface area (Å²) in [6, 6.07) is 7.25. The lowest BCUT2D eigenvalue weighted by atomic mass is 10.0. The number of aromatic nitrogens is 7. The molecular formula is C30H31FN10O. The van der Waals surface area contributed by atoms with Gasteiger partial charge in [-0.3, -0.25) is 14.9 Å². The number of hydrogen-bond acceptors (Lipinski definition) is 9. The number of benzene rings is 1. The molecule has 1 aromatic carbocycles. The van der Waals surface area contributed by atoms with Gasteiger partial charge < -0.3 is 15.1 Å². The Kier molecular flexibility index (Phi) is 6.34. The van der Waals surface area contributed by atoms with E-state index in [4.69, 9.17) is 10.2 Å². The maximum atomic E-state index is 14.9. The van der Waals surface area contributed by atoms with Crippen LogP contribution in [0.1, 0.15) is 17.0 Å². The molecule has 0 bridgehead atoms. The van der Waals surface area contributed by atoms with Crippen molar-refractivity contribution < 1.29 is 8.81 Å². The number of hydrogen-bond donors (Lipinski definition) is 1. The van der Waals surface area contributed by atoms with Crippen molar-refractivity contribution in [2.75, 3.05) is 43.4 Å². The molecule has 0 saturated carbocycles. The predicted octanol–water partition coefficient (Wildman–Crippen LogP) is 4.26. The average Bonchev–Trinajstić information content (AvgIpc) is 3.70. The molecule has 1 aliphatic rings. The Labute approximate surface area is 241 Å². The highest BCUT2D eigenvalue weighted by atomic mass is 19.1. The standard InChI is InChI=1S/C30H31FN10O/c1-18-20(3)42-17-23(18)21-4-5-24(31)27(14-21)39-11-8-38(9-12-39)10-13-40-29-22(16-35-40)26-15-25(37-41(26)30(32)36-29)28-19(2)33-6-7-34-28/h4-7,14-17H,8-13H2,1-3H3,(H2,32,36). The van der Waals surface area contributed by atoms with E-state index in [1.165, 1.54) is 0 Å². The molecule has 6 heterocycles. The summed E-state index contributed by atoms with van der Waals surface area (Å²) in [5.74, 6) is 0.954. The van der Waals surface area contributed by atoms with Crippen LogP contribution in [-0.4, -0.2) is 72.0 Å². The van der Waals surface area contributed by atoms with E-state index >= 15 is 0 Å². The Morgan fingerprint density at radius 2 is 1.81 bits per heavy atom. The van der Waals surface area contributed by atoms with Crippen LogP contribution in [-0.2, 0) is 6.54 Å². The topological polar surface area (TPSA) is 119 Å². The van der Waals surface area contributed by atoms with E-state index in [1.807, 2.05) is 49.8 Å². The zero-order valence-corrected chi connectivity index (χ0v) is 23.7. The summed E-state index contributed by atoms with van der Waals surface area (Å²) in [5.41, 5.74) is 13.7. The Morgan fingerprint density at radius 1 is 1.00 bits per heavy atom. The fourth-order valence-electron chi connectivity index (χ4n) is 5.69. The minimum Gasteiger partial charge on any atom is -0.469 e. The second-order valence-corrected chi connectivity index (χ2v) is 10.7. The van der Waals surface area contributed by atoms with Crippen molar-refractivity contribution in [2.45, 2.75) is 27.3 Å². The van der Waals surface area contributed by atoms with Crippen LogP contribution < -0.4 is 10.6 Å². The summed E-state index contributed by atoms with van der Waals surface area (Å²) in [6.07, 6.45) is 6.87. The van der Waals surface area contributed by atoms with Gasteiger partial charge in [-0.05, 0) is 50.1 Å². The highest BCUT2D eigenvalue weighted by molar-refractivity contribution is 5.93. The van der Waals surface area contributed by atoms with Crippen LogP contribution in [0, 0.1) is 26.6 Å². The maximum absolute atomic E-state index is 14.9. The van der Waals surface area contributed by atoms with Gasteiger partial charge in [0.15, 0.2) is 5.65 Å². The first-order valence-corrected chi connectivity index (χ1v) is 14.0. The van der Waals surface area contributed by atoms with Crippen LogP contribution >= 0.6 is 0 Å². The number of halogens is 1. The highest BCUT2D eigenvalue weighted by Crippen LogP contribution is 2.32. The lowest BCUT2D eigenvalue weighted by Gasteiger charge is -2.36. The van der Waals surface area contributed by atoms with E-state index in [1.54, 1.807) is 29.2 Å². The quantitative estimate of drug-likeness (QED) is 0.315.